The monoisotopic (exact) mass is 1150 g/mol. The fraction of sp³-hybridized carbons (Fsp3) is 0.672. The van der Waals surface area contributed by atoms with Crippen LogP contribution in [0.1, 0.15) is 120 Å². The second-order valence-corrected chi connectivity index (χ2v) is 27.3. The van der Waals surface area contributed by atoms with Crippen molar-refractivity contribution in [2.75, 3.05) is 77.5 Å². The van der Waals surface area contributed by atoms with Gasteiger partial charge in [0.25, 0.3) is 5.91 Å². The van der Waals surface area contributed by atoms with Crippen LogP contribution >= 0.6 is 11.3 Å². The van der Waals surface area contributed by atoms with Gasteiger partial charge in [-0.05, 0) is 120 Å². The van der Waals surface area contributed by atoms with Crippen LogP contribution < -0.4 is 21.0 Å². The van der Waals surface area contributed by atoms with Crippen molar-refractivity contribution >= 4 is 51.6 Å². The molecule has 6 bridgehead atoms. The number of ether oxygens (including phenoxy) is 2. The number of piperazine rings is 1. The van der Waals surface area contributed by atoms with Crippen LogP contribution in [0.25, 0.3) is 33.4 Å². The van der Waals surface area contributed by atoms with Gasteiger partial charge in [0.05, 0.1) is 52.7 Å². The van der Waals surface area contributed by atoms with E-state index in [4.69, 9.17) is 19.4 Å². The number of cyclic esters (lactones) is 1. The summed E-state index contributed by atoms with van der Waals surface area (Å²) in [7, 11) is 1.58. The van der Waals surface area contributed by atoms with Gasteiger partial charge >= 0.3 is 12.1 Å². The first-order valence-corrected chi connectivity index (χ1v) is 31.3. The number of anilines is 1. The number of esters is 1. The molecule has 3 N–H and O–H groups in total. The summed E-state index contributed by atoms with van der Waals surface area (Å²) in [5, 5.41) is 11.3. The third-order valence-corrected chi connectivity index (χ3v) is 20.6. The molecule has 9 aliphatic rings. The van der Waals surface area contributed by atoms with E-state index in [9.17, 15) is 9.59 Å². The molecule has 9 heterocycles. The largest absolute Gasteiger partial charge is 0.464 e. The molecule has 7 atom stereocenters. The molecule has 8 fully saturated rings. The second kappa shape index (κ2) is 22.0. The van der Waals surface area contributed by atoms with Crippen molar-refractivity contribution in [2.45, 2.75) is 166 Å². The summed E-state index contributed by atoms with van der Waals surface area (Å²) in [6, 6.07) is 5.99. The van der Waals surface area contributed by atoms with E-state index < -0.39 is 48.3 Å². The summed E-state index contributed by atoms with van der Waals surface area (Å²) in [5.74, 6) is -0.162. The number of nitrogens with zero attached hydrogens (tertiary/aromatic N) is 8. The number of likely N-dealkylation sites (tertiary alicyclic amines) is 2. The van der Waals surface area contributed by atoms with E-state index in [2.05, 4.69) is 35.7 Å². The lowest BCUT2D eigenvalue weighted by Gasteiger charge is -2.37. The molecular weight excluding hydrogens is 1070 g/mol. The second-order valence-electron chi connectivity index (χ2n) is 26.4. The molecule has 1 aromatic carbocycles. The zero-order valence-electron chi connectivity index (χ0n) is 47.9. The molecule has 1 spiro atoms. The molecule has 3 aromatic heterocycles. The Labute approximate surface area is 482 Å². The van der Waals surface area contributed by atoms with Crippen molar-refractivity contribution in [2.24, 2.45) is 22.7 Å². The summed E-state index contributed by atoms with van der Waals surface area (Å²) in [6.07, 6.45) is 8.38. The zero-order chi connectivity index (χ0) is 56.8. The summed E-state index contributed by atoms with van der Waals surface area (Å²) in [5.41, 5.74) is 6.91. The highest BCUT2D eigenvalue weighted by Crippen LogP contribution is 2.47. The number of hydrogen-bond acceptors (Lipinski definition) is 14. The first kappa shape index (κ1) is 56.0. The number of hydrazine groups is 1. The molecule has 13 rings (SSSR count). The van der Waals surface area contributed by atoms with Crippen molar-refractivity contribution in [1.29, 1.82) is 0 Å². The van der Waals surface area contributed by atoms with Gasteiger partial charge in [0.1, 0.15) is 24.7 Å². The van der Waals surface area contributed by atoms with E-state index in [1.54, 1.807) is 13.2 Å². The molecule has 82 heavy (non-hydrogen) atoms. The van der Waals surface area contributed by atoms with Gasteiger partial charge < -0.3 is 29.2 Å². The van der Waals surface area contributed by atoms with Crippen molar-refractivity contribution in [3.05, 3.63) is 52.1 Å². The first-order chi connectivity index (χ1) is 39.4. The zero-order valence-corrected chi connectivity index (χ0v) is 48.7. The molecule has 3 saturated carbocycles. The van der Waals surface area contributed by atoms with E-state index in [1.807, 2.05) is 50.5 Å². The predicted octanol–water partition coefficient (Wildman–Crippen LogP) is 7.26. The molecular formula is C61H80F3N11O6S. The highest BCUT2D eigenvalue weighted by atomic mass is 32.1. The Bertz CT molecular complexity index is 3090. The van der Waals surface area contributed by atoms with Crippen LogP contribution in [0, 0.1) is 22.7 Å². The van der Waals surface area contributed by atoms with Crippen LogP contribution in [0.5, 0.6) is 0 Å². The van der Waals surface area contributed by atoms with Gasteiger partial charge in [-0.2, -0.15) is 13.2 Å². The molecule has 442 valence electrons. The van der Waals surface area contributed by atoms with Crippen LogP contribution in [-0.4, -0.2) is 173 Å². The van der Waals surface area contributed by atoms with Crippen molar-refractivity contribution in [1.82, 2.24) is 50.3 Å². The average Bonchev–Trinajstić information content (AvgIpc) is 4.61. The smallest absolute Gasteiger partial charge is 0.406 e. The lowest BCUT2D eigenvalue weighted by Crippen LogP contribution is -2.62. The number of aromatic nitrogens is 3. The number of amides is 3. The number of alkyl halides is 3. The Morgan fingerprint density at radius 1 is 0.951 bits per heavy atom. The Morgan fingerprint density at radius 2 is 1.73 bits per heavy atom. The number of pyridine rings is 1. The Morgan fingerprint density at radius 3 is 2.48 bits per heavy atom. The van der Waals surface area contributed by atoms with Crippen LogP contribution in [0.4, 0.5) is 18.9 Å². The quantitative estimate of drug-likeness (QED) is 0.0955. The number of halogens is 3. The van der Waals surface area contributed by atoms with Gasteiger partial charge in [-0.1, -0.05) is 32.8 Å². The minimum absolute atomic E-state index is 0.0602. The molecule has 6 aliphatic heterocycles. The van der Waals surface area contributed by atoms with Crippen LogP contribution in [0.2, 0.25) is 0 Å². The summed E-state index contributed by atoms with van der Waals surface area (Å²) < 4.78 is 59.1. The van der Waals surface area contributed by atoms with Crippen LogP contribution in [-0.2, 0) is 48.0 Å². The Kier molecular flexibility index (Phi) is 15.0. The topological polar surface area (TPSA) is 180 Å². The standard InChI is InChI=1S/C61H80F3N11O6S/c1-36(80-4)50-43(27-41(30-65-50)71-24-22-70(23-25-71)40-14-15-40)54-44-29-59(2,3)35-81-58(79)45-10-7-19-75(69-45)56(77)46(28-49-66-47(31-82-49)39-13-16-48(42(44)26-39)74(54)34-61(62,63)64)67-55(76)53(38-8-5-6-9-38)72-20-17-60(32-72)18-21-73(33-60)57(78)52-51(68-52)37-11-12-37/h13,16,26-27,30-31,36-38,40,45-46,51-53,68-69H,5-12,14-15,17-25,28-29,32-35H2,1-4H3,(H,67,76)/t36-,45-,46-,51?,52+,53?,60-/m0/s1. The highest BCUT2D eigenvalue weighted by Gasteiger charge is 2.55. The van der Waals surface area contributed by atoms with Gasteiger partial charge in [-0.15, -0.1) is 11.3 Å². The van der Waals surface area contributed by atoms with E-state index in [1.165, 1.54) is 46.6 Å². The van der Waals surface area contributed by atoms with Crippen LogP contribution in [0.15, 0.2) is 35.8 Å². The summed E-state index contributed by atoms with van der Waals surface area (Å²) >= 11 is 1.37. The molecule has 2 unspecified atom stereocenters. The van der Waals surface area contributed by atoms with E-state index in [0.717, 1.165) is 83.5 Å². The number of carbonyl (C=O) groups excluding carboxylic acids is 4. The number of hydrogen-bond donors (Lipinski definition) is 3. The highest BCUT2D eigenvalue weighted by molar-refractivity contribution is 7.10. The number of fused-ring (bicyclic) bond motifs is 6. The van der Waals surface area contributed by atoms with Gasteiger partial charge in [0.15, 0.2) is 0 Å². The third-order valence-electron chi connectivity index (χ3n) is 19.7. The molecule has 5 saturated heterocycles. The number of thiazole rings is 1. The third kappa shape index (κ3) is 11.4. The van der Waals surface area contributed by atoms with E-state index in [-0.39, 0.29) is 54.5 Å². The molecule has 4 aromatic rings. The Hall–Kier alpha value is -5.19. The normalized spacial score (nSPS) is 28.5. The maximum atomic E-state index is 15.2. The fourth-order valence-electron chi connectivity index (χ4n) is 14.9. The Balaban J connectivity index is 0.842. The van der Waals surface area contributed by atoms with Gasteiger partial charge in [0, 0.05) is 116 Å². The molecule has 3 aliphatic carbocycles. The van der Waals surface area contributed by atoms with Crippen molar-refractivity contribution in [3.63, 3.8) is 0 Å². The minimum Gasteiger partial charge on any atom is -0.464 e. The number of carbonyl (C=O) groups is 4. The summed E-state index contributed by atoms with van der Waals surface area (Å²) in [6.45, 7) is 11.0. The molecule has 0 radical (unpaired) electrons. The van der Waals surface area contributed by atoms with Gasteiger partial charge in [0.2, 0.25) is 11.8 Å². The van der Waals surface area contributed by atoms with E-state index >= 15 is 22.8 Å². The number of rotatable bonds is 12. The van der Waals surface area contributed by atoms with Crippen LogP contribution in [0.3, 0.4) is 0 Å². The van der Waals surface area contributed by atoms with E-state index in [0.29, 0.717) is 100 Å². The SMILES string of the molecule is CO[C@@H](C)c1ncc(N2CCN(C3CC3)CC2)cc1-c1c2c3cc(ccc3n1CC(F)(F)F)-c1csc(n1)C[C@H](NC(=O)C(C1CCCC1)N1CC[C@]3(CCN(C(=O)[C@@H]4NC4C4CC4)C3)C1)C(=O)N1CCC[C@H](N1)C(=O)OCC(C)(C)C2. The fourth-order valence-corrected chi connectivity index (χ4v) is 15.7. The lowest BCUT2D eigenvalue weighted by molar-refractivity contribution is -0.155. The maximum Gasteiger partial charge on any atom is 0.406 e. The summed E-state index contributed by atoms with van der Waals surface area (Å²) in [4.78, 5) is 77.5. The van der Waals surface area contributed by atoms with Crippen molar-refractivity contribution < 1.29 is 41.8 Å². The van der Waals surface area contributed by atoms with Gasteiger partial charge in [-0.25, -0.2) is 10.4 Å². The van der Waals surface area contributed by atoms with Gasteiger partial charge in [-0.3, -0.25) is 44.3 Å². The predicted molar refractivity (Wildman–Crippen MR) is 306 cm³/mol. The minimum atomic E-state index is -4.60. The molecule has 3 amide bonds. The lowest BCUT2D eigenvalue weighted by atomic mass is 9.84. The average molecular weight is 1150 g/mol. The maximum absolute atomic E-state index is 15.2. The first-order valence-electron chi connectivity index (χ1n) is 30.4. The number of benzene rings is 1. The number of methoxy groups -OCH3 is 1. The molecule has 21 heteroatoms. The number of nitrogens with one attached hydrogen (secondary N) is 3. The molecule has 17 nitrogen and oxygen atoms in total. The van der Waals surface area contributed by atoms with Crippen molar-refractivity contribution in [3.8, 4) is 22.5 Å².